The minimum absolute atomic E-state index is 0.197. The van der Waals surface area contributed by atoms with Gasteiger partial charge in [0.25, 0.3) is 0 Å². The van der Waals surface area contributed by atoms with Crippen molar-refractivity contribution in [1.82, 2.24) is 4.90 Å². The van der Waals surface area contributed by atoms with Crippen LogP contribution in [-0.4, -0.2) is 17.9 Å². The summed E-state index contributed by atoms with van der Waals surface area (Å²) in [7, 11) is 1.80. The summed E-state index contributed by atoms with van der Waals surface area (Å²) in [6, 6.07) is 0. The molecule has 0 saturated heterocycles. The summed E-state index contributed by atoms with van der Waals surface area (Å²) in [5.41, 5.74) is 1.21. The molecule has 0 saturated carbocycles. The van der Waals surface area contributed by atoms with Gasteiger partial charge in [0.1, 0.15) is 0 Å². The zero-order chi connectivity index (χ0) is 9.68. The molecule has 1 amide bonds. The fraction of sp³-hybridized carbons (Fsp3) is 0.364. The van der Waals surface area contributed by atoms with E-state index < -0.39 is 0 Å². The molecule has 1 heterocycles. The third-order valence-corrected chi connectivity index (χ3v) is 1.99. The van der Waals surface area contributed by atoms with Gasteiger partial charge in [-0.25, -0.2) is 0 Å². The maximum Gasteiger partial charge on any atom is 0.226 e. The van der Waals surface area contributed by atoms with Crippen molar-refractivity contribution in [3.05, 3.63) is 36.1 Å². The lowest BCUT2D eigenvalue weighted by molar-refractivity contribution is -0.128. The number of rotatable bonds is 2. The molecular formula is C11H15NO. The van der Waals surface area contributed by atoms with E-state index >= 15 is 0 Å². The Hall–Kier alpha value is -1.31. The predicted molar refractivity (Wildman–Crippen MR) is 54.0 cm³/mol. The fourth-order valence-corrected chi connectivity index (χ4v) is 1.23. The first-order valence-electron chi connectivity index (χ1n) is 4.49. The van der Waals surface area contributed by atoms with E-state index in [0.29, 0.717) is 6.42 Å². The van der Waals surface area contributed by atoms with Crippen LogP contribution in [0.3, 0.4) is 0 Å². The maximum atomic E-state index is 11.1. The Bertz CT molecular complexity index is 274. The van der Waals surface area contributed by atoms with Crippen LogP contribution in [0.2, 0.25) is 0 Å². The molecule has 1 aliphatic heterocycles. The normalized spacial score (nSPS) is 18.8. The van der Waals surface area contributed by atoms with Gasteiger partial charge in [0, 0.05) is 19.7 Å². The van der Waals surface area contributed by atoms with E-state index in [4.69, 9.17) is 0 Å². The molecule has 13 heavy (non-hydrogen) atoms. The van der Waals surface area contributed by atoms with E-state index in [-0.39, 0.29) is 5.91 Å². The van der Waals surface area contributed by atoms with E-state index in [0.717, 1.165) is 6.42 Å². The standard InChI is InChI=1S/C11H15NO/c1-3-4-5-6-10-7-8-11(13)12(2)9-10/h3-6,9H,7-8H2,1-2H3/b4-3-,6-5-. The van der Waals surface area contributed by atoms with Crippen molar-refractivity contribution in [1.29, 1.82) is 0 Å². The summed E-state index contributed by atoms with van der Waals surface area (Å²) in [6.07, 6.45) is 11.4. The van der Waals surface area contributed by atoms with E-state index in [1.54, 1.807) is 11.9 Å². The average molecular weight is 177 g/mol. The lowest BCUT2D eigenvalue weighted by Gasteiger charge is -2.18. The number of carbonyl (C=O) groups excluding carboxylic acids is 1. The van der Waals surface area contributed by atoms with Crippen LogP contribution in [0.5, 0.6) is 0 Å². The number of nitrogens with zero attached hydrogens (tertiary/aromatic N) is 1. The Morgan fingerprint density at radius 2 is 2.15 bits per heavy atom. The molecule has 0 spiro atoms. The number of hydrogen-bond acceptors (Lipinski definition) is 1. The van der Waals surface area contributed by atoms with Crippen molar-refractivity contribution in [3.8, 4) is 0 Å². The quantitative estimate of drug-likeness (QED) is 0.592. The average Bonchev–Trinajstić information content (AvgIpc) is 2.12. The highest BCUT2D eigenvalue weighted by atomic mass is 16.2. The maximum absolute atomic E-state index is 11.1. The van der Waals surface area contributed by atoms with Gasteiger partial charge in [0.15, 0.2) is 0 Å². The monoisotopic (exact) mass is 177 g/mol. The van der Waals surface area contributed by atoms with Crippen LogP contribution < -0.4 is 0 Å². The summed E-state index contributed by atoms with van der Waals surface area (Å²) in [5.74, 6) is 0.197. The lowest BCUT2D eigenvalue weighted by atomic mass is 10.1. The molecule has 2 nitrogen and oxygen atoms in total. The summed E-state index contributed by atoms with van der Waals surface area (Å²) in [6.45, 7) is 1.98. The highest BCUT2D eigenvalue weighted by molar-refractivity contribution is 5.78. The van der Waals surface area contributed by atoms with Crippen LogP contribution in [0, 0.1) is 0 Å². The highest BCUT2D eigenvalue weighted by Crippen LogP contribution is 2.15. The van der Waals surface area contributed by atoms with E-state index in [1.165, 1.54) is 5.57 Å². The number of allylic oxidation sites excluding steroid dienone is 5. The van der Waals surface area contributed by atoms with Crippen LogP contribution in [0.1, 0.15) is 19.8 Å². The minimum Gasteiger partial charge on any atom is -0.322 e. The smallest absolute Gasteiger partial charge is 0.226 e. The summed E-state index contributed by atoms with van der Waals surface area (Å²) in [5, 5.41) is 0. The van der Waals surface area contributed by atoms with Crippen molar-refractivity contribution < 1.29 is 4.79 Å². The van der Waals surface area contributed by atoms with Crippen molar-refractivity contribution in [3.63, 3.8) is 0 Å². The van der Waals surface area contributed by atoms with Gasteiger partial charge in [-0.15, -0.1) is 0 Å². The van der Waals surface area contributed by atoms with Gasteiger partial charge >= 0.3 is 0 Å². The van der Waals surface area contributed by atoms with Gasteiger partial charge in [-0.3, -0.25) is 4.79 Å². The molecule has 0 aromatic carbocycles. The molecule has 0 aliphatic carbocycles. The molecule has 2 heteroatoms. The molecule has 0 N–H and O–H groups in total. The molecule has 0 aromatic heterocycles. The van der Waals surface area contributed by atoms with Crippen LogP contribution in [-0.2, 0) is 4.79 Å². The predicted octanol–water partition coefficient (Wildman–Crippen LogP) is 2.25. The van der Waals surface area contributed by atoms with Crippen molar-refractivity contribution in [2.75, 3.05) is 7.05 Å². The Labute approximate surface area is 79.2 Å². The first kappa shape index (κ1) is 9.78. The fourth-order valence-electron chi connectivity index (χ4n) is 1.23. The zero-order valence-electron chi connectivity index (χ0n) is 8.16. The highest BCUT2D eigenvalue weighted by Gasteiger charge is 2.12. The third-order valence-electron chi connectivity index (χ3n) is 1.99. The van der Waals surface area contributed by atoms with Gasteiger partial charge in [-0.1, -0.05) is 24.3 Å². The molecule has 1 aliphatic rings. The first-order chi connectivity index (χ1) is 6.24. The molecule has 70 valence electrons. The van der Waals surface area contributed by atoms with Gasteiger partial charge in [0.05, 0.1) is 0 Å². The summed E-state index contributed by atoms with van der Waals surface area (Å²) < 4.78 is 0. The summed E-state index contributed by atoms with van der Waals surface area (Å²) in [4.78, 5) is 12.8. The van der Waals surface area contributed by atoms with Gasteiger partial charge in [0.2, 0.25) is 5.91 Å². The summed E-state index contributed by atoms with van der Waals surface area (Å²) >= 11 is 0. The molecule has 0 radical (unpaired) electrons. The van der Waals surface area contributed by atoms with Crippen LogP contribution in [0.25, 0.3) is 0 Å². The van der Waals surface area contributed by atoms with Crippen LogP contribution >= 0.6 is 0 Å². The van der Waals surface area contributed by atoms with Crippen molar-refractivity contribution in [2.24, 2.45) is 0 Å². The molecule has 0 aromatic rings. The van der Waals surface area contributed by atoms with Crippen molar-refractivity contribution in [2.45, 2.75) is 19.8 Å². The molecule has 0 bridgehead atoms. The SMILES string of the molecule is C/C=C\C=C/C1=CN(C)C(=O)CC1. The third kappa shape index (κ3) is 2.90. The molecule has 0 fully saturated rings. The van der Waals surface area contributed by atoms with E-state index in [2.05, 4.69) is 0 Å². The Morgan fingerprint density at radius 3 is 2.77 bits per heavy atom. The first-order valence-corrected chi connectivity index (χ1v) is 4.49. The molecule has 0 atom stereocenters. The van der Waals surface area contributed by atoms with Gasteiger partial charge < -0.3 is 4.90 Å². The zero-order valence-corrected chi connectivity index (χ0v) is 8.16. The molecule has 1 rings (SSSR count). The molecule has 0 unspecified atom stereocenters. The second-order valence-electron chi connectivity index (χ2n) is 3.09. The van der Waals surface area contributed by atoms with E-state index in [9.17, 15) is 4.79 Å². The Morgan fingerprint density at radius 1 is 1.38 bits per heavy atom. The number of carbonyl (C=O) groups is 1. The molecular weight excluding hydrogens is 162 g/mol. The van der Waals surface area contributed by atoms with E-state index in [1.807, 2.05) is 37.4 Å². The lowest BCUT2D eigenvalue weighted by Crippen LogP contribution is -2.24. The topological polar surface area (TPSA) is 20.3 Å². The van der Waals surface area contributed by atoms with Gasteiger partial charge in [-0.05, 0) is 18.9 Å². The Kier molecular flexibility index (Phi) is 3.50. The Balaban J connectivity index is 2.62. The van der Waals surface area contributed by atoms with Crippen LogP contribution in [0.15, 0.2) is 36.1 Å². The largest absolute Gasteiger partial charge is 0.322 e. The number of amides is 1. The second-order valence-corrected chi connectivity index (χ2v) is 3.09. The second kappa shape index (κ2) is 4.65. The van der Waals surface area contributed by atoms with Crippen LogP contribution in [0.4, 0.5) is 0 Å². The van der Waals surface area contributed by atoms with Crippen molar-refractivity contribution >= 4 is 5.91 Å². The number of hydrogen-bond donors (Lipinski definition) is 0. The minimum atomic E-state index is 0.197. The van der Waals surface area contributed by atoms with Gasteiger partial charge in [-0.2, -0.15) is 0 Å².